The van der Waals surface area contributed by atoms with E-state index >= 15 is 0 Å². The van der Waals surface area contributed by atoms with E-state index in [0.29, 0.717) is 0 Å². The molecule has 1 aromatic rings. The Morgan fingerprint density at radius 1 is 1.36 bits per heavy atom. The minimum absolute atomic E-state index is 0.0723. The monoisotopic (exact) mass is 426 g/mol. The van der Waals surface area contributed by atoms with Crippen molar-refractivity contribution >= 4 is 57.6 Å². The Hall–Kier alpha value is -2.90. The van der Waals surface area contributed by atoms with Gasteiger partial charge in [0.25, 0.3) is 11.8 Å². The number of carboxylic acids is 2. The summed E-state index contributed by atoms with van der Waals surface area (Å²) in [6, 6.07) is -1.08. The molecule has 1 aromatic heterocycles. The van der Waals surface area contributed by atoms with Gasteiger partial charge in [0, 0.05) is 5.38 Å². The summed E-state index contributed by atoms with van der Waals surface area (Å²) in [4.78, 5) is 52.1. The van der Waals surface area contributed by atoms with Crippen LogP contribution in [0.4, 0.5) is 5.13 Å². The molecule has 3 heterocycles. The number of nitrogen functional groups attached to an aromatic ring is 1. The molecule has 0 spiro atoms. The topological polar surface area (TPSA) is 183 Å². The highest BCUT2D eigenvalue weighted by molar-refractivity contribution is 8.00. The molecule has 0 saturated carbocycles. The van der Waals surface area contributed by atoms with Crippen molar-refractivity contribution in [2.45, 2.75) is 23.3 Å². The highest BCUT2D eigenvalue weighted by Crippen LogP contribution is 2.40. The Labute approximate surface area is 165 Å². The van der Waals surface area contributed by atoms with Crippen LogP contribution >= 0.6 is 23.1 Å². The summed E-state index contributed by atoms with van der Waals surface area (Å²) in [6.07, 6.45) is 1.74. The Balaban J connectivity index is 1.80. The normalized spacial score (nSPS) is 24.1. The van der Waals surface area contributed by atoms with Crippen molar-refractivity contribution in [2.75, 3.05) is 5.73 Å². The second-order valence-electron chi connectivity index (χ2n) is 5.72. The van der Waals surface area contributed by atoms with E-state index in [4.69, 9.17) is 10.8 Å². The number of β-lactam (4-membered cyclic amide) rings is 1. The number of aromatic nitrogens is 1. The van der Waals surface area contributed by atoms with Gasteiger partial charge in [-0.05, 0) is 6.08 Å². The fourth-order valence-corrected chi connectivity index (χ4v) is 4.43. The molecule has 2 aliphatic rings. The number of rotatable bonds is 6. The predicted molar refractivity (Wildman–Crippen MR) is 98.6 cm³/mol. The Morgan fingerprint density at radius 3 is 2.64 bits per heavy atom. The molecular formula is C15H14N4O7S2. The molecule has 3 atom stereocenters. The molecule has 148 valence electrons. The first kappa shape index (κ1) is 19.9. The van der Waals surface area contributed by atoms with Gasteiger partial charge in [0.2, 0.25) is 0 Å². The number of carboxylic acid groups (broad SMARTS) is 2. The number of nitrogens with one attached hydrogen (secondary N) is 1. The van der Waals surface area contributed by atoms with Crippen LogP contribution < -0.4 is 11.1 Å². The van der Waals surface area contributed by atoms with Crippen LogP contribution in [0.2, 0.25) is 0 Å². The molecule has 3 rings (SSSR count). The van der Waals surface area contributed by atoms with Gasteiger partial charge in [0.1, 0.15) is 22.5 Å². The summed E-state index contributed by atoms with van der Waals surface area (Å²) in [5.41, 5.74) is 4.13. The fraction of sp³-hybridized carbons (Fsp3) is 0.267. The van der Waals surface area contributed by atoms with Gasteiger partial charge >= 0.3 is 11.9 Å². The third-order valence-electron chi connectivity index (χ3n) is 3.91. The molecule has 0 bridgehead atoms. The van der Waals surface area contributed by atoms with Crippen LogP contribution in [0, 0.1) is 0 Å². The van der Waals surface area contributed by atoms with E-state index in [9.17, 15) is 29.4 Å². The Kier molecular flexibility index (Phi) is 5.40. The SMILES string of the molecule is Nc1nc(/C(=C/CC(=O)O)C(=O)N[C@@H]2C(=O)N3C(C(=O)O)=CC(O)S[C@H]23)cs1. The first-order chi connectivity index (χ1) is 13.2. The van der Waals surface area contributed by atoms with Crippen molar-refractivity contribution in [1.82, 2.24) is 15.2 Å². The average molecular weight is 426 g/mol. The first-order valence-electron chi connectivity index (χ1n) is 7.75. The van der Waals surface area contributed by atoms with E-state index in [-0.39, 0.29) is 22.1 Å². The number of aliphatic hydroxyl groups excluding tert-OH is 1. The number of anilines is 1. The Bertz CT molecular complexity index is 925. The number of aliphatic carboxylic acids is 2. The number of thiazole rings is 1. The number of carbonyl (C=O) groups excluding carboxylic acids is 2. The number of nitrogens with two attached hydrogens (primary N) is 1. The number of thioether (sulfide) groups is 1. The number of aliphatic hydroxyl groups is 1. The summed E-state index contributed by atoms with van der Waals surface area (Å²) < 4.78 is 0. The summed E-state index contributed by atoms with van der Waals surface area (Å²) >= 11 is 1.96. The molecule has 2 aliphatic heterocycles. The zero-order chi connectivity index (χ0) is 20.6. The molecule has 0 radical (unpaired) electrons. The quantitative estimate of drug-likeness (QED) is 0.287. The van der Waals surface area contributed by atoms with E-state index in [0.717, 1.165) is 40.2 Å². The maximum atomic E-state index is 12.7. The van der Waals surface area contributed by atoms with Gasteiger partial charge in [-0.1, -0.05) is 17.8 Å². The second kappa shape index (κ2) is 7.61. The van der Waals surface area contributed by atoms with Gasteiger partial charge in [-0.3, -0.25) is 19.3 Å². The van der Waals surface area contributed by atoms with Gasteiger partial charge in [-0.2, -0.15) is 0 Å². The molecule has 0 aromatic carbocycles. The number of hydrogen-bond donors (Lipinski definition) is 5. The summed E-state index contributed by atoms with van der Waals surface area (Å²) in [5.74, 6) is -3.95. The minimum Gasteiger partial charge on any atom is -0.481 e. The van der Waals surface area contributed by atoms with Crippen LogP contribution in [0.3, 0.4) is 0 Å². The molecule has 1 saturated heterocycles. The summed E-state index contributed by atoms with van der Waals surface area (Å²) in [5, 5.41) is 31.1. The zero-order valence-electron chi connectivity index (χ0n) is 13.9. The minimum atomic E-state index is -1.37. The standard InChI is InChI=1S/C15H14N4O7S2/c16-15-17-6(4-27-15)5(1-2-8(20)21)11(23)18-10-12(24)19-7(14(25)26)3-9(22)28-13(10)19/h1,3-4,9-10,13,22H,2H2,(H2,16,17)(H,18,23)(H,20,21)(H,25,26)/b5-1-/t9?,10-,13-/m1/s1. The van der Waals surface area contributed by atoms with E-state index in [2.05, 4.69) is 10.3 Å². The number of fused-ring (bicyclic) bond motifs is 1. The average Bonchev–Trinajstić information content (AvgIpc) is 3.04. The molecule has 2 amide bonds. The molecule has 1 fully saturated rings. The lowest BCUT2D eigenvalue weighted by molar-refractivity contribution is -0.150. The molecule has 28 heavy (non-hydrogen) atoms. The van der Waals surface area contributed by atoms with Gasteiger partial charge in [0.05, 0.1) is 17.7 Å². The third-order valence-corrected chi connectivity index (χ3v) is 5.76. The number of amides is 2. The van der Waals surface area contributed by atoms with Crippen molar-refractivity contribution in [2.24, 2.45) is 0 Å². The molecular weight excluding hydrogens is 412 g/mol. The van der Waals surface area contributed by atoms with Gasteiger partial charge in [-0.25, -0.2) is 9.78 Å². The molecule has 13 heteroatoms. The largest absolute Gasteiger partial charge is 0.481 e. The number of hydrogen-bond acceptors (Lipinski definition) is 9. The maximum absolute atomic E-state index is 12.7. The van der Waals surface area contributed by atoms with Crippen LogP contribution in [-0.4, -0.2) is 65.8 Å². The van der Waals surface area contributed by atoms with Crippen molar-refractivity contribution in [1.29, 1.82) is 0 Å². The van der Waals surface area contributed by atoms with E-state index in [1.165, 1.54) is 5.38 Å². The van der Waals surface area contributed by atoms with E-state index in [1.807, 2.05) is 0 Å². The smallest absolute Gasteiger partial charge is 0.352 e. The van der Waals surface area contributed by atoms with Gasteiger partial charge < -0.3 is 26.4 Å². The summed E-state index contributed by atoms with van der Waals surface area (Å²) in [6.45, 7) is 0. The molecule has 0 aliphatic carbocycles. The number of nitrogens with zero attached hydrogens (tertiary/aromatic N) is 2. The first-order valence-corrected chi connectivity index (χ1v) is 9.57. The lowest BCUT2D eigenvalue weighted by atomic mass is 10.0. The highest BCUT2D eigenvalue weighted by atomic mass is 32.2. The Morgan fingerprint density at radius 2 is 2.07 bits per heavy atom. The third kappa shape index (κ3) is 3.72. The summed E-state index contributed by atoms with van der Waals surface area (Å²) in [7, 11) is 0. The van der Waals surface area contributed by atoms with E-state index < -0.39 is 47.0 Å². The van der Waals surface area contributed by atoms with Crippen LogP contribution in [0.1, 0.15) is 12.1 Å². The van der Waals surface area contributed by atoms with Crippen LogP contribution in [-0.2, 0) is 19.2 Å². The van der Waals surface area contributed by atoms with E-state index in [1.54, 1.807) is 0 Å². The lowest BCUT2D eigenvalue weighted by Crippen LogP contribution is -2.70. The molecule has 1 unspecified atom stereocenters. The van der Waals surface area contributed by atoms with Crippen LogP contribution in [0.25, 0.3) is 5.57 Å². The number of carbonyl (C=O) groups is 4. The molecule has 11 nitrogen and oxygen atoms in total. The van der Waals surface area contributed by atoms with Crippen molar-refractivity contribution in [3.8, 4) is 0 Å². The van der Waals surface area contributed by atoms with Crippen molar-refractivity contribution in [3.63, 3.8) is 0 Å². The maximum Gasteiger partial charge on any atom is 0.352 e. The van der Waals surface area contributed by atoms with Crippen LogP contribution in [0.5, 0.6) is 0 Å². The predicted octanol–water partition coefficient (Wildman–Crippen LogP) is -0.730. The van der Waals surface area contributed by atoms with Gasteiger partial charge in [-0.15, -0.1) is 11.3 Å². The fourth-order valence-electron chi connectivity index (χ4n) is 2.70. The zero-order valence-corrected chi connectivity index (χ0v) is 15.6. The molecule has 6 N–H and O–H groups in total. The van der Waals surface area contributed by atoms with Crippen LogP contribution in [0.15, 0.2) is 23.2 Å². The van der Waals surface area contributed by atoms with Crippen molar-refractivity contribution < 1.29 is 34.5 Å². The van der Waals surface area contributed by atoms with Crippen molar-refractivity contribution in [3.05, 3.63) is 28.9 Å². The second-order valence-corrected chi connectivity index (χ2v) is 7.85. The highest BCUT2D eigenvalue weighted by Gasteiger charge is 2.54. The van der Waals surface area contributed by atoms with Gasteiger partial charge in [0.15, 0.2) is 5.13 Å². The lowest BCUT2D eigenvalue weighted by Gasteiger charge is -2.49.